The fourth-order valence-corrected chi connectivity index (χ4v) is 3.87. The lowest BCUT2D eigenvalue weighted by Crippen LogP contribution is -2.52. The lowest BCUT2D eigenvalue weighted by atomic mass is 10.2. The minimum absolute atomic E-state index is 0.144. The van der Waals surface area contributed by atoms with Gasteiger partial charge in [-0.1, -0.05) is 0 Å². The molecule has 136 valence electrons. The molecule has 0 aliphatic carbocycles. The molecule has 1 unspecified atom stereocenters. The number of nitrogens with zero attached hydrogens (tertiary/aromatic N) is 3. The third kappa shape index (κ3) is 4.07. The highest BCUT2D eigenvalue weighted by Gasteiger charge is 2.32. The highest BCUT2D eigenvalue weighted by molar-refractivity contribution is 7.92. The van der Waals surface area contributed by atoms with Crippen molar-refractivity contribution < 1.29 is 13.2 Å². The Labute approximate surface area is 145 Å². The first-order valence-electron chi connectivity index (χ1n) is 8.35. The summed E-state index contributed by atoms with van der Waals surface area (Å²) < 4.78 is 29.2. The molecule has 1 aromatic heterocycles. The van der Waals surface area contributed by atoms with Gasteiger partial charge in [0.25, 0.3) is 0 Å². The predicted octanol–water partition coefficient (Wildman–Crippen LogP) is 1.81. The molecular formula is C17H29N3O3S. The Hall–Kier alpha value is -1.18. The number of anilines is 1. The van der Waals surface area contributed by atoms with E-state index >= 15 is 0 Å². The molecule has 0 aromatic carbocycles. The number of methoxy groups -OCH3 is 1. The van der Waals surface area contributed by atoms with Crippen LogP contribution in [0, 0.1) is 0 Å². The van der Waals surface area contributed by atoms with Gasteiger partial charge in [-0.3, -0.25) is 4.90 Å². The van der Waals surface area contributed by atoms with E-state index < -0.39 is 14.6 Å². The number of ether oxygens (including phenoxy) is 1. The zero-order valence-corrected chi connectivity index (χ0v) is 16.1. The molecule has 1 aliphatic rings. The molecule has 1 aromatic rings. The van der Waals surface area contributed by atoms with Crippen molar-refractivity contribution in [1.29, 1.82) is 0 Å². The molecule has 0 bridgehead atoms. The van der Waals surface area contributed by atoms with Crippen molar-refractivity contribution in [3.63, 3.8) is 0 Å². The summed E-state index contributed by atoms with van der Waals surface area (Å²) in [5.41, 5.74) is 0.973. The van der Waals surface area contributed by atoms with E-state index in [0.717, 1.165) is 38.5 Å². The van der Waals surface area contributed by atoms with E-state index in [1.54, 1.807) is 40.1 Å². The first-order chi connectivity index (χ1) is 11.2. The smallest absolute Gasteiger partial charge is 0.200 e. The predicted molar refractivity (Wildman–Crippen MR) is 96.3 cm³/mol. The third-order valence-corrected chi connectivity index (χ3v) is 6.92. The molecule has 0 amide bonds. The molecule has 24 heavy (non-hydrogen) atoms. The highest BCUT2D eigenvalue weighted by atomic mass is 32.2. The second-order valence-corrected chi connectivity index (χ2v) is 9.94. The van der Waals surface area contributed by atoms with Crippen LogP contribution >= 0.6 is 0 Å². The summed E-state index contributed by atoms with van der Waals surface area (Å²) in [4.78, 5) is 8.89. The summed E-state index contributed by atoms with van der Waals surface area (Å²) in [7, 11) is -1.68. The van der Waals surface area contributed by atoms with Gasteiger partial charge in [0.2, 0.25) is 0 Å². The SMILES string of the molecule is COCCN1CCN(c2ccc(S(=O)(=O)C(C)(C)C)nc2)CC1C. The van der Waals surface area contributed by atoms with Gasteiger partial charge in [-0.25, -0.2) is 13.4 Å². The molecule has 7 heteroatoms. The Morgan fingerprint density at radius 2 is 2.00 bits per heavy atom. The number of hydrogen-bond acceptors (Lipinski definition) is 6. The normalized spacial score (nSPS) is 20.4. The van der Waals surface area contributed by atoms with Gasteiger partial charge in [-0.05, 0) is 39.8 Å². The fourth-order valence-electron chi connectivity index (χ4n) is 2.80. The summed E-state index contributed by atoms with van der Waals surface area (Å²) in [6, 6.07) is 3.91. The van der Waals surface area contributed by atoms with Crippen molar-refractivity contribution in [2.75, 3.05) is 44.8 Å². The van der Waals surface area contributed by atoms with Gasteiger partial charge >= 0.3 is 0 Å². The molecule has 2 rings (SSSR count). The molecule has 2 heterocycles. The van der Waals surface area contributed by atoms with E-state index in [1.807, 2.05) is 6.07 Å². The molecule has 1 atom stereocenters. The summed E-state index contributed by atoms with van der Waals surface area (Å²) in [5.74, 6) is 0. The van der Waals surface area contributed by atoms with Crippen LogP contribution in [-0.4, -0.2) is 69.0 Å². The Bertz CT molecular complexity index is 638. The maximum absolute atomic E-state index is 12.4. The van der Waals surface area contributed by atoms with Crippen molar-refractivity contribution in [2.45, 2.75) is 43.5 Å². The largest absolute Gasteiger partial charge is 0.383 e. The second-order valence-electron chi connectivity index (χ2n) is 7.29. The Kier molecular flexibility index (Phi) is 5.88. The number of hydrogen-bond donors (Lipinski definition) is 0. The lowest BCUT2D eigenvalue weighted by Gasteiger charge is -2.40. The van der Waals surface area contributed by atoms with Crippen molar-refractivity contribution in [1.82, 2.24) is 9.88 Å². The van der Waals surface area contributed by atoms with Crippen LogP contribution in [0.2, 0.25) is 0 Å². The second kappa shape index (κ2) is 7.37. The van der Waals surface area contributed by atoms with Gasteiger partial charge < -0.3 is 9.64 Å². The zero-order chi connectivity index (χ0) is 18.0. The molecule has 0 saturated carbocycles. The van der Waals surface area contributed by atoms with Crippen LogP contribution in [0.4, 0.5) is 5.69 Å². The van der Waals surface area contributed by atoms with Crippen LogP contribution in [0.3, 0.4) is 0 Å². The number of aromatic nitrogens is 1. The van der Waals surface area contributed by atoms with E-state index in [9.17, 15) is 8.42 Å². The van der Waals surface area contributed by atoms with Crippen molar-refractivity contribution >= 4 is 15.5 Å². The first kappa shape index (κ1) is 19.1. The maximum Gasteiger partial charge on any atom is 0.200 e. The summed E-state index contributed by atoms with van der Waals surface area (Å²) >= 11 is 0. The zero-order valence-electron chi connectivity index (χ0n) is 15.3. The van der Waals surface area contributed by atoms with Crippen LogP contribution < -0.4 is 4.90 Å². The standard InChI is InChI=1S/C17H29N3O3S/c1-14-13-20(9-8-19(14)10-11-23-5)15-6-7-16(18-12-15)24(21,22)17(2,3)4/h6-7,12,14H,8-11,13H2,1-5H3. The quantitative estimate of drug-likeness (QED) is 0.803. The average Bonchev–Trinajstić information content (AvgIpc) is 2.53. The van der Waals surface area contributed by atoms with Crippen LogP contribution in [-0.2, 0) is 14.6 Å². The number of pyridine rings is 1. The van der Waals surface area contributed by atoms with Crippen LogP contribution in [0.25, 0.3) is 0 Å². The minimum atomic E-state index is -3.41. The topological polar surface area (TPSA) is 62.7 Å². The van der Waals surface area contributed by atoms with Crippen molar-refractivity contribution in [3.8, 4) is 0 Å². The maximum atomic E-state index is 12.4. The molecular weight excluding hydrogens is 326 g/mol. The van der Waals surface area contributed by atoms with Gasteiger partial charge in [0.05, 0.1) is 23.2 Å². The highest BCUT2D eigenvalue weighted by Crippen LogP contribution is 2.25. The Morgan fingerprint density at radius 3 is 2.50 bits per heavy atom. The number of piperazine rings is 1. The fraction of sp³-hybridized carbons (Fsp3) is 0.706. The van der Waals surface area contributed by atoms with Gasteiger partial charge in [0, 0.05) is 39.3 Å². The summed E-state index contributed by atoms with van der Waals surface area (Å²) in [6.45, 7) is 11.7. The van der Waals surface area contributed by atoms with Crippen molar-refractivity contribution in [2.24, 2.45) is 0 Å². The van der Waals surface area contributed by atoms with Gasteiger partial charge in [-0.15, -0.1) is 0 Å². The molecule has 0 radical (unpaired) electrons. The van der Waals surface area contributed by atoms with E-state index in [1.165, 1.54) is 0 Å². The minimum Gasteiger partial charge on any atom is -0.383 e. The molecule has 0 N–H and O–H groups in total. The summed E-state index contributed by atoms with van der Waals surface area (Å²) in [6.07, 6.45) is 1.68. The van der Waals surface area contributed by atoms with Crippen LogP contribution in [0.5, 0.6) is 0 Å². The van der Waals surface area contributed by atoms with Crippen molar-refractivity contribution in [3.05, 3.63) is 18.3 Å². The summed E-state index contributed by atoms with van der Waals surface area (Å²) in [5, 5.41) is 0.144. The van der Waals surface area contributed by atoms with E-state index in [4.69, 9.17) is 4.74 Å². The van der Waals surface area contributed by atoms with Crippen LogP contribution in [0.1, 0.15) is 27.7 Å². The monoisotopic (exact) mass is 355 g/mol. The van der Waals surface area contributed by atoms with E-state index in [2.05, 4.69) is 21.7 Å². The number of rotatable bonds is 5. The Morgan fingerprint density at radius 1 is 1.29 bits per heavy atom. The van der Waals surface area contributed by atoms with E-state index in [0.29, 0.717) is 6.04 Å². The van der Waals surface area contributed by atoms with Gasteiger partial charge in [0.1, 0.15) is 0 Å². The molecule has 6 nitrogen and oxygen atoms in total. The van der Waals surface area contributed by atoms with E-state index in [-0.39, 0.29) is 5.03 Å². The molecule has 0 spiro atoms. The lowest BCUT2D eigenvalue weighted by molar-refractivity contribution is 0.117. The molecule has 1 aliphatic heterocycles. The van der Waals surface area contributed by atoms with Crippen LogP contribution in [0.15, 0.2) is 23.4 Å². The number of sulfone groups is 1. The van der Waals surface area contributed by atoms with Gasteiger partial charge in [-0.2, -0.15) is 0 Å². The molecule has 1 fully saturated rings. The Balaban J connectivity index is 2.07. The first-order valence-corrected chi connectivity index (χ1v) is 9.84. The average molecular weight is 356 g/mol. The molecule has 1 saturated heterocycles. The third-order valence-electron chi connectivity index (χ3n) is 4.52. The van der Waals surface area contributed by atoms with Gasteiger partial charge in [0.15, 0.2) is 14.9 Å².